The average molecular weight is 275 g/mol. The molecule has 0 saturated heterocycles. The maximum atomic E-state index is 12.2. The minimum Gasteiger partial charge on any atom is -0.469 e. The number of esters is 1. The van der Waals surface area contributed by atoms with Gasteiger partial charge in [0.05, 0.1) is 32.2 Å². The Bertz CT molecular complexity index is 291. The van der Waals surface area contributed by atoms with Crippen LogP contribution < -0.4 is 0 Å². The van der Waals surface area contributed by atoms with Crippen molar-refractivity contribution < 1.29 is 23.8 Å². The van der Waals surface area contributed by atoms with Crippen LogP contribution in [0.5, 0.6) is 0 Å². The second-order valence-electron chi connectivity index (χ2n) is 4.84. The number of carbonyl (C=O) groups is 2. The van der Waals surface area contributed by atoms with E-state index in [1.807, 2.05) is 13.8 Å². The van der Waals surface area contributed by atoms with Crippen LogP contribution >= 0.6 is 0 Å². The van der Waals surface area contributed by atoms with Crippen LogP contribution in [-0.2, 0) is 23.8 Å². The minimum atomic E-state index is -0.520. The summed E-state index contributed by atoms with van der Waals surface area (Å²) in [6, 6.07) is 0. The molecule has 0 spiro atoms. The molecule has 0 aliphatic rings. The molecule has 0 radical (unpaired) electrons. The van der Waals surface area contributed by atoms with Crippen molar-refractivity contribution in [3.8, 4) is 0 Å². The van der Waals surface area contributed by atoms with Crippen LogP contribution in [0.1, 0.15) is 26.7 Å². The van der Waals surface area contributed by atoms with E-state index in [-0.39, 0.29) is 24.7 Å². The van der Waals surface area contributed by atoms with Crippen LogP contribution in [0.15, 0.2) is 0 Å². The van der Waals surface area contributed by atoms with Crippen LogP contribution in [0, 0.1) is 0 Å². The van der Waals surface area contributed by atoms with Crippen LogP contribution in [0.4, 0.5) is 0 Å². The lowest BCUT2D eigenvalue weighted by Gasteiger charge is -2.28. The molecular weight excluding hydrogens is 250 g/mol. The zero-order chi connectivity index (χ0) is 14.9. The predicted molar refractivity (Wildman–Crippen MR) is 70.8 cm³/mol. The molecule has 0 aliphatic heterocycles. The summed E-state index contributed by atoms with van der Waals surface area (Å²) in [5.41, 5.74) is -0.520. The van der Waals surface area contributed by atoms with Crippen molar-refractivity contribution in [2.24, 2.45) is 0 Å². The van der Waals surface area contributed by atoms with Crippen molar-refractivity contribution in [3.63, 3.8) is 0 Å². The second-order valence-corrected chi connectivity index (χ2v) is 4.84. The van der Waals surface area contributed by atoms with Crippen LogP contribution in [0.2, 0.25) is 0 Å². The number of ether oxygens (including phenoxy) is 3. The van der Waals surface area contributed by atoms with Gasteiger partial charge in [-0.3, -0.25) is 9.59 Å². The van der Waals surface area contributed by atoms with E-state index >= 15 is 0 Å². The van der Waals surface area contributed by atoms with Crippen molar-refractivity contribution in [2.75, 3.05) is 41.0 Å². The van der Waals surface area contributed by atoms with E-state index in [1.54, 1.807) is 19.1 Å². The lowest BCUT2D eigenvalue weighted by Crippen LogP contribution is -2.40. The molecule has 6 heteroatoms. The summed E-state index contributed by atoms with van der Waals surface area (Å²) in [5.74, 6) is -0.394. The number of methoxy groups -OCH3 is 3. The van der Waals surface area contributed by atoms with Gasteiger partial charge in [-0.2, -0.15) is 0 Å². The summed E-state index contributed by atoms with van der Waals surface area (Å²) in [7, 11) is 4.47. The quantitative estimate of drug-likeness (QED) is 0.583. The molecule has 0 aromatic carbocycles. The van der Waals surface area contributed by atoms with Gasteiger partial charge in [0.1, 0.15) is 0 Å². The van der Waals surface area contributed by atoms with E-state index in [4.69, 9.17) is 9.47 Å². The van der Waals surface area contributed by atoms with Crippen molar-refractivity contribution in [3.05, 3.63) is 0 Å². The molecular formula is C13H25NO5. The highest BCUT2D eigenvalue weighted by molar-refractivity contribution is 5.78. The zero-order valence-corrected chi connectivity index (χ0v) is 12.5. The third-order valence-electron chi connectivity index (χ3n) is 2.86. The van der Waals surface area contributed by atoms with Crippen LogP contribution in [0.25, 0.3) is 0 Å². The second kappa shape index (κ2) is 8.87. The van der Waals surface area contributed by atoms with Crippen LogP contribution in [0.3, 0.4) is 0 Å². The number of amides is 1. The largest absolute Gasteiger partial charge is 0.469 e. The molecule has 0 rings (SSSR count). The van der Waals surface area contributed by atoms with E-state index < -0.39 is 5.60 Å². The number of hydrogen-bond donors (Lipinski definition) is 0. The fourth-order valence-corrected chi connectivity index (χ4v) is 1.44. The first kappa shape index (κ1) is 17.9. The van der Waals surface area contributed by atoms with Gasteiger partial charge in [-0.25, -0.2) is 0 Å². The first-order valence-electron chi connectivity index (χ1n) is 6.25. The van der Waals surface area contributed by atoms with Crippen molar-refractivity contribution >= 4 is 11.9 Å². The van der Waals surface area contributed by atoms with Gasteiger partial charge in [0, 0.05) is 27.3 Å². The number of nitrogens with zero attached hydrogens (tertiary/aromatic N) is 1. The molecule has 0 aliphatic carbocycles. The Morgan fingerprint density at radius 2 is 1.74 bits per heavy atom. The monoisotopic (exact) mass is 275 g/mol. The maximum absolute atomic E-state index is 12.2. The molecule has 19 heavy (non-hydrogen) atoms. The van der Waals surface area contributed by atoms with Crippen molar-refractivity contribution in [1.29, 1.82) is 0 Å². The Balaban J connectivity index is 4.46. The molecule has 1 amide bonds. The third-order valence-corrected chi connectivity index (χ3v) is 2.86. The van der Waals surface area contributed by atoms with Gasteiger partial charge >= 0.3 is 5.97 Å². The van der Waals surface area contributed by atoms with Crippen molar-refractivity contribution in [2.45, 2.75) is 32.3 Å². The molecule has 112 valence electrons. The number of carbonyl (C=O) groups excluding carboxylic acids is 2. The summed E-state index contributed by atoms with van der Waals surface area (Å²) >= 11 is 0. The smallest absolute Gasteiger partial charge is 0.307 e. The van der Waals surface area contributed by atoms with Gasteiger partial charge in [-0.05, 0) is 13.8 Å². The van der Waals surface area contributed by atoms with Gasteiger partial charge < -0.3 is 19.1 Å². The first-order valence-corrected chi connectivity index (χ1v) is 6.25. The molecule has 0 atom stereocenters. The van der Waals surface area contributed by atoms with E-state index in [1.165, 1.54) is 7.11 Å². The minimum absolute atomic E-state index is 0.0622. The molecule has 0 fully saturated rings. The number of hydrogen-bond acceptors (Lipinski definition) is 5. The van der Waals surface area contributed by atoms with Gasteiger partial charge in [0.15, 0.2) is 0 Å². The molecule has 0 saturated carbocycles. The Kier molecular flexibility index (Phi) is 8.34. The normalized spacial score (nSPS) is 11.2. The maximum Gasteiger partial charge on any atom is 0.307 e. The number of rotatable bonds is 9. The lowest BCUT2D eigenvalue weighted by molar-refractivity contribution is -0.142. The lowest BCUT2D eigenvalue weighted by atomic mass is 10.0. The van der Waals surface area contributed by atoms with Crippen molar-refractivity contribution in [1.82, 2.24) is 4.90 Å². The SMILES string of the molecule is COCCN(CCC(=O)OC)C(=O)CC(C)(C)OC. The Morgan fingerprint density at radius 3 is 2.21 bits per heavy atom. The molecule has 0 bridgehead atoms. The van der Waals surface area contributed by atoms with E-state index in [2.05, 4.69) is 4.74 Å². The molecule has 0 aromatic rings. The summed E-state index contributed by atoms with van der Waals surface area (Å²) < 4.78 is 14.8. The Labute approximate surface area is 115 Å². The summed E-state index contributed by atoms with van der Waals surface area (Å²) in [4.78, 5) is 24.9. The van der Waals surface area contributed by atoms with Gasteiger partial charge in [0.2, 0.25) is 5.91 Å². The van der Waals surface area contributed by atoms with E-state index in [0.29, 0.717) is 19.7 Å². The molecule has 0 N–H and O–H groups in total. The highest BCUT2D eigenvalue weighted by atomic mass is 16.5. The predicted octanol–water partition coefficient (Wildman–Crippen LogP) is 0.840. The Hall–Kier alpha value is -1.14. The summed E-state index contributed by atoms with van der Waals surface area (Å²) in [6.45, 7) is 4.90. The first-order chi connectivity index (χ1) is 8.86. The molecule has 0 heterocycles. The Morgan fingerprint density at radius 1 is 1.11 bits per heavy atom. The molecule has 0 unspecified atom stereocenters. The standard InChI is InChI=1S/C13H25NO5/c1-13(2,19-5)10-11(15)14(8-9-17-3)7-6-12(16)18-4/h6-10H2,1-5H3. The zero-order valence-electron chi connectivity index (χ0n) is 12.5. The fourth-order valence-electron chi connectivity index (χ4n) is 1.44. The molecule has 6 nitrogen and oxygen atoms in total. The highest BCUT2D eigenvalue weighted by Gasteiger charge is 2.25. The highest BCUT2D eigenvalue weighted by Crippen LogP contribution is 2.15. The van der Waals surface area contributed by atoms with E-state index in [9.17, 15) is 9.59 Å². The van der Waals surface area contributed by atoms with Gasteiger partial charge in [-0.1, -0.05) is 0 Å². The van der Waals surface area contributed by atoms with Crippen LogP contribution in [-0.4, -0.2) is 63.4 Å². The van der Waals surface area contributed by atoms with E-state index in [0.717, 1.165) is 0 Å². The third kappa shape index (κ3) is 7.79. The average Bonchev–Trinajstić information content (AvgIpc) is 2.37. The topological polar surface area (TPSA) is 65.1 Å². The summed E-state index contributed by atoms with van der Waals surface area (Å²) in [5, 5.41) is 0. The molecule has 0 aromatic heterocycles. The van der Waals surface area contributed by atoms with Gasteiger partial charge in [0.25, 0.3) is 0 Å². The van der Waals surface area contributed by atoms with Gasteiger partial charge in [-0.15, -0.1) is 0 Å². The fraction of sp³-hybridized carbons (Fsp3) is 0.846. The summed E-state index contributed by atoms with van der Waals surface area (Å²) in [6.07, 6.45) is 0.438.